The molecule has 2 aromatic heterocycles. The summed E-state index contributed by atoms with van der Waals surface area (Å²) in [6.07, 6.45) is 0.435. The third-order valence-electron chi connectivity index (χ3n) is 6.79. The van der Waals surface area contributed by atoms with Crippen LogP contribution in [0.3, 0.4) is 0 Å². The van der Waals surface area contributed by atoms with Gasteiger partial charge in [0, 0.05) is 23.6 Å². The van der Waals surface area contributed by atoms with Crippen LogP contribution in [0.15, 0.2) is 65.7 Å². The third-order valence-corrected chi connectivity index (χ3v) is 6.96. The van der Waals surface area contributed by atoms with Crippen molar-refractivity contribution in [1.82, 2.24) is 19.9 Å². The second-order valence-corrected chi connectivity index (χ2v) is 9.78. The fourth-order valence-corrected chi connectivity index (χ4v) is 4.98. The summed E-state index contributed by atoms with van der Waals surface area (Å²) in [6, 6.07) is 17.1. The van der Waals surface area contributed by atoms with E-state index in [0.717, 1.165) is 16.8 Å². The summed E-state index contributed by atoms with van der Waals surface area (Å²) in [4.78, 5) is 22.1. The lowest BCUT2D eigenvalue weighted by Gasteiger charge is -2.19. The lowest BCUT2D eigenvalue weighted by atomic mass is 9.97. The highest BCUT2D eigenvalue weighted by Crippen LogP contribution is 2.39. The highest BCUT2D eigenvalue weighted by atomic mass is 35.5. The molecule has 42 heavy (non-hydrogen) atoms. The molecule has 0 saturated carbocycles. The zero-order valence-corrected chi connectivity index (χ0v) is 23.3. The van der Waals surface area contributed by atoms with Crippen molar-refractivity contribution in [3.05, 3.63) is 82.9 Å². The van der Waals surface area contributed by atoms with E-state index in [2.05, 4.69) is 30.6 Å². The SMILES string of the molecule is COc1cc2nc(Cl)nc(Nc3cccc(C4=Nc5c(N)nc(N)nc5NC(c5ccc(F)cc5)C4)c3)c2cc1OC. The number of hydrogen-bond donors (Lipinski definition) is 4. The van der Waals surface area contributed by atoms with Gasteiger partial charge in [-0.1, -0.05) is 24.3 Å². The fourth-order valence-electron chi connectivity index (χ4n) is 4.81. The van der Waals surface area contributed by atoms with Gasteiger partial charge in [0.15, 0.2) is 23.1 Å². The van der Waals surface area contributed by atoms with Gasteiger partial charge in [-0.05, 0) is 53.1 Å². The van der Waals surface area contributed by atoms with E-state index < -0.39 is 0 Å². The second kappa shape index (κ2) is 11.0. The molecule has 0 saturated heterocycles. The number of nitrogens with zero attached hydrogens (tertiary/aromatic N) is 5. The maximum atomic E-state index is 13.7. The van der Waals surface area contributed by atoms with Crippen molar-refractivity contribution < 1.29 is 13.9 Å². The molecule has 6 N–H and O–H groups in total. The smallest absolute Gasteiger partial charge is 0.224 e. The Labute approximate surface area is 244 Å². The summed E-state index contributed by atoms with van der Waals surface area (Å²) in [6.45, 7) is 0. The average Bonchev–Trinajstić information content (AvgIpc) is 3.17. The second-order valence-electron chi connectivity index (χ2n) is 9.45. The number of halogens is 2. The molecule has 0 spiro atoms. The Kier molecular flexibility index (Phi) is 7.05. The van der Waals surface area contributed by atoms with Crippen LogP contribution in [0.5, 0.6) is 11.5 Å². The van der Waals surface area contributed by atoms with Crippen molar-refractivity contribution in [2.45, 2.75) is 12.5 Å². The fraction of sp³-hybridized carbons (Fsp3) is 0.138. The molecule has 0 radical (unpaired) electrons. The Bertz CT molecular complexity index is 1850. The number of aromatic nitrogens is 4. The average molecular weight is 586 g/mol. The Balaban J connectivity index is 1.41. The molecule has 6 rings (SSSR count). The van der Waals surface area contributed by atoms with Gasteiger partial charge in [-0.2, -0.15) is 15.0 Å². The standard InChI is InChI=1S/C29H25ClFN9O2/c1-41-22-11-18-21(13-23(22)42-2)37-28(30)39-26(18)34-17-5-3-4-15(10-17)20-12-19(14-6-8-16(31)9-7-14)36-27-24(35-20)25(32)38-29(33)40-27/h3-11,13,19H,12H2,1-2H3,(H,34,37,39)(H5,32,33,36,38,40). The summed E-state index contributed by atoms with van der Waals surface area (Å²) in [5.41, 5.74) is 16.1. The van der Waals surface area contributed by atoms with Gasteiger partial charge in [0.25, 0.3) is 0 Å². The summed E-state index contributed by atoms with van der Waals surface area (Å²) in [5, 5.41) is 7.47. The first-order chi connectivity index (χ1) is 20.3. The molecular formula is C29H25ClFN9O2. The van der Waals surface area contributed by atoms with Crippen LogP contribution in [0.1, 0.15) is 23.6 Å². The minimum absolute atomic E-state index is 0.0199. The number of methoxy groups -OCH3 is 2. The minimum atomic E-state index is -0.329. The van der Waals surface area contributed by atoms with E-state index in [1.165, 1.54) is 12.1 Å². The third kappa shape index (κ3) is 5.27. The Morgan fingerprint density at radius 1 is 0.952 bits per heavy atom. The maximum absolute atomic E-state index is 13.7. The van der Waals surface area contributed by atoms with E-state index in [1.807, 2.05) is 24.3 Å². The van der Waals surface area contributed by atoms with Gasteiger partial charge in [0.1, 0.15) is 17.3 Å². The van der Waals surface area contributed by atoms with Gasteiger partial charge in [-0.25, -0.2) is 14.4 Å². The van der Waals surface area contributed by atoms with Crippen LogP contribution >= 0.6 is 11.6 Å². The molecule has 212 valence electrons. The molecule has 11 nitrogen and oxygen atoms in total. The van der Waals surface area contributed by atoms with Crippen LogP contribution in [0.4, 0.5) is 39.2 Å². The van der Waals surface area contributed by atoms with Crippen molar-refractivity contribution in [3.8, 4) is 11.5 Å². The molecule has 0 aliphatic carbocycles. The molecule has 0 amide bonds. The first kappa shape index (κ1) is 27.0. The maximum Gasteiger partial charge on any atom is 0.224 e. The first-order valence-electron chi connectivity index (χ1n) is 12.8. The van der Waals surface area contributed by atoms with Gasteiger partial charge in [0.05, 0.1) is 31.5 Å². The normalized spacial score (nSPS) is 14.4. The Morgan fingerprint density at radius 3 is 2.48 bits per heavy atom. The zero-order chi connectivity index (χ0) is 29.4. The highest BCUT2D eigenvalue weighted by molar-refractivity contribution is 6.29. The summed E-state index contributed by atoms with van der Waals surface area (Å²) in [5.74, 6) is 1.76. The number of nitrogens with one attached hydrogen (secondary N) is 2. The number of fused-ring (bicyclic) bond motifs is 2. The lowest BCUT2D eigenvalue weighted by molar-refractivity contribution is 0.356. The monoisotopic (exact) mass is 585 g/mol. The topological polar surface area (TPSA) is 158 Å². The van der Waals surface area contributed by atoms with Crippen LogP contribution in [0.25, 0.3) is 10.9 Å². The van der Waals surface area contributed by atoms with Gasteiger partial charge in [0.2, 0.25) is 11.2 Å². The molecule has 1 atom stereocenters. The van der Waals surface area contributed by atoms with E-state index in [4.69, 9.17) is 37.5 Å². The van der Waals surface area contributed by atoms with Crippen LogP contribution in [-0.4, -0.2) is 39.9 Å². The predicted octanol–water partition coefficient (Wildman–Crippen LogP) is 5.82. The van der Waals surface area contributed by atoms with Crippen molar-refractivity contribution in [2.75, 3.05) is 36.3 Å². The van der Waals surface area contributed by atoms with E-state index in [0.29, 0.717) is 51.9 Å². The van der Waals surface area contributed by atoms with Gasteiger partial charge >= 0.3 is 0 Å². The molecule has 1 unspecified atom stereocenters. The molecule has 3 heterocycles. The number of aliphatic imine (C=N–C) groups is 1. The number of hydrogen-bond acceptors (Lipinski definition) is 11. The lowest BCUT2D eigenvalue weighted by Crippen LogP contribution is -2.15. The van der Waals surface area contributed by atoms with Crippen LogP contribution in [0.2, 0.25) is 5.28 Å². The molecule has 13 heteroatoms. The van der Waals surface area contributed by atoms with Crippen LogP contribution in [0, 0.1) is 5.82 Å². The quantitative estimate of drug-likeness (QED) is 0.179. The molecule has 3 aromatic carbocycles. The van der Waals surface area contributed by atoms with Crippen molar-refractivity contribution in [2.24, 2.45) is 4.99 Å². The summed E-state index contributed by atoms with van der Waals surface area (Å²) < 4.78 is 24.6. The summed E-state index contributed by atoms with van der Waals surface area (Å²) in [7, 11) is 3.11. The Morgan fingerprint density at radius 2 is 1.71 bits per heavy atom. The van der Waals surface area contributed by atoms with Crippen LogP contribution < -0.4 is 31.6 Å². The number of nitrogen functional groups attached to an aromatic ring is 2. The van der Waals surface area contributed by atoms with E-state index in [9.17, 15) is 4.39 Å². The largest absolute Gasteiger partial charge is 0.493 e. The molecular weight excluding hydrogens is 561 g/mol. The van der Waals surface area contributed by atoms with Crippen molar-refractivity contribution in [3.63, 3.8) is 0 Å². The van der Waals surface area contributed by atoms with Crippen molar-refractivity contribution in [1.29, 1.82) is 0 Å². The number of nitrogens with two attached hydrogens (primary N) is 2. The summed E-state index contributed by atoms with van der Waals surface area (Å²) >= 11 is 6.27. The van der Waals surface area contributed by atoms with E-state index in [1.54, 1.807) is 38.5 Å². The molecule has 5 aromatic rings. The van der Waals surface area contributed by atoms with Gasteiger partial charge in [-0.3, -0.25) is 0 Å². The van der Waals surface area contributed by atoms with Crippen LogP contribution in [-0.2, 0) is 0 Å². The molecule has 0 fully saturated rings. The number of anilines is 5. The predicted molar refractivity (Wildman–Crippen MR) is 162 cm³/mol. The molecule has 1 aliphatic heterocycles. The number of ether oxygens (including phenoxy) is 2. The van der Waals surface area contributed by atoms with Crippen molar-refractivity contribution >= 4 is 63.0 Å². The minimum Gasteiger partial charge on any atom is -0.493 e. The highest BCUT2D eigenvalue weighted by Gasteiger charge is 2.25. The number of benzene rings is 3. The zero-order valence-electron chi connectivity index (χ0n) is 22.5. The van der Waals surface area contributed by atoms with E-state index >= 15 is 0 Å². The molecule has 0 bridgehead atoms. The molecule has 1 aliphatic rings. The first-order valence-corrected chi connectivity index (χ1v) is 13.2. The van der Waals surface area contributed by atoms with Gasteiger partial charge < -0.3 is 31.6 Å². The number of rotatable bonds is 6. The van der Waals surface area contributed by atoms with Gasteiger partial charge in [-0.15, -0.1) is 0 Å². The van der Waals surface area contributed by atoms with E-state index in [-0.39, 0.29) is 28.9 Å². The Hall–Kier alpha value is -5.23.